The molecule has 0 bridgehead atoms. The molecular weight excluding hydrogens is 376 g/mol. The molecule has 2 aromatic rings. The summed E-state index contributed by atoms with van der Waals surface area (Å²) in [4.78, 5) is 11.5. The summed E-state index contributed by atoms with van der Waals surface area (Å²) in [5.74, 6) is 2.08. The van der Waals surface area contributed by atoms with Crippen molar-refractivity contribution in [2.24, 2.45) is 5.92 Å². The van der Waals surface area contributed by atoms with Crippen molar-refractivity contribution in [3.05, 3.63) is 35.7 Å². The van der Waals surface area contributed by atoms with Crippen LogP contribution in [-0.4, -0.2) is 48.3 Å². The third-order valence-electron chi connectivity index (χ3n) is 4.07. The number of hydrogen-bond acceptors (Lipinski definition) is 8. The summed E-state index contributed by atoms with van der Waals surface area (Å²) in [6.07, 6.45) is 1.14. The maximum absolute atomic E-state index is 11.5. The van der Waals surface area contributed by atoms with Crippen LogP contribution < -0.4 is 4.74 Å². The van der Waals surface area contributed by atoms with Crippen LogP contribution in [0.3, 0.4) is 0 Å². The molecular formula is C17H20N2O5S2. The molecule has 9 heteroatoms. The van der Waals surface area contributed by atoms with Gasteiger partial charge in [-0.25, -0.2) is 8.42 Å². The third-order valence-corrected chi connectivity index (χ3v) is 6.69. The SMILES string of the molecule is CC(=O)c1ccccc1OCCSc1nnc(C[C@H]2CCS(=O)(=O)C2)o1. The lowest BCUT2D eigenvalue weighted by molar-refractivity contribution is 0.101. The van der Waals surface area contributed by atoms with Crippen molar-refractivity contribution in [3.63, 3.8) is 0 Å². The van der Waals surface area contributed by atoms with Gasteiger partial charge < -0.3 is 9.15 Å². The van der Waals surface area contributed by atoms with E-state index in [2.05, 4.69) is 10.2 Å². The number of aromatic nitrogens is 2. The standard InChI is InChI=1S/C17H20N2O5S2/c1-12(20)14-4-2-3-5-15(14)23-7-8-25-17-19-18-16(24-17)10-13-6-9-26(21,22)11-13/h2-5,13H,6-11H2,1H3/t13-/m1/s1. The van der Waals surface area contributed by atoms with Gasteiger partial charge in [0.25, 0.3) is 5.22 Å². The van der Waals surface area contributed by atoms with E-state index < -0.39 is 9.84 Å². The summed E-state index contributed by atoms with van der Waals surface area (Å²) in [6.45, 7) is 1.90. The first-order valence-electron chi connectivity index (χ1n) is 8.31. The Labute approximate surface area is 156 Å². The minimum Gasteiger partial charge on any atom is -0.492 e. The van der Waals surface area contributed by atoms with Crippen LogP contribution in [-0.2, 0) is 16.3 Å². The van der Waals surface area contributed by atoms with Crippen molar-refractivity contribution >= 4 is 27.4 Å². The van der Waals surface area contributed by atoms with Crippen LogP contribution in [0.4, 0.5) is 0 Å². The fraction of sp³-hybridized carbons (Fsp3) is 0.471. The van der Waals surface area contributed by atoms with Crippen LogP contribution >= 0.6 is 11.8 Å². The van der Waals surface area contributed by atoms with Crippen LogP contribution in [0.15, 0.2) is 33.9 Å². The number of carbonyl (C=O) groups excluding carboxylic acids is 1. The molecule has 1 saturated heterocycles. The van der Waals surface area contributed by atoms with Gasteiger partial charge in [0, 0.05) is 12.2 Å². The van der Waals surface area contributed by atoms with Crippen LogP contribution in [0.25, 0.3) is 0 Å². The minimum atomic E-state index is -2.90. The molecule has 0 aliphatic carbocycles. The summed E-state index contributed by atoms with van der Waals surface area (Å²) in [7, 11) is -2.90. The summed E-state index contributed by atoms with van der Waals surface area (Å²) in [6, 6.07) is 7.12. The van der Waals surface area contributed by atoms with Crippen molar-refractivity contribution in [2.75, 3.05) is 23.9 Å². The first kappa shape index (κ1) is 18.9. The first-order valence-corrected chi connectivity index (χ1v) is 11.1. The zero-order valence-corrected chi connectivity index (χ0v) is 16.0. The number of thioether (sulfide) groups is 1. The second-order valence-corrected chi connectivity index (χ2v) is 9.46. The van der Waals surface area contributed by atoms with E-state index in [0.29, 0.717) is 47.6 Å². The molecule has 3 rings (SSSR count). The van der Waals surface area contributed by atoms with E-state index in [1.165, 1.54) is 18.7 Å². The van der Waals surface area contributed by atoms with E-state index in [1.807, 2.05) is 6.07 Å². The van der Waals surface area contributed by atoms with Crippen LogP contribution in [0.2, 0.25) is 0 Å². The second kappa shape index (κ2) is 8.22. The Balaban J connectivity index is 1.45. The molecule has 0 spiro atoms. The quantitative estimate of drug-likeness (QED) is 0.381. The van der Waals surface area contributed by atoms with E-state index in [4.69, 9.17) is 9.15 Å². The van der Waals surface area contributed by atoms with Crippen molar-refractivity contribution in [1.29, 1.82) is 0 Å². The molecule has 1 aliphatic rings. The van der Waals surface area contributed by atoms with E-state index in [9.17, 15) is 13.2 Å². The van der Waals surface area contributed by atoms with E-state index in [0.717, 1.165) is 0 Å². The zero-order valence-electron chi connectivity index (χ0n) is 14.4. The number of para-hydroxylation sites is 1. The molecule has 7 nitrogen and oxygen atoms in total. The molecule has 2 heterocycles. The predicted molar refractivity (Wildman–Crippen MR) is 97.4 cm³/mol. The van der Waals surface area contributed by atoms with Crippen LogP contribution in [0.1, 0.15) is 29.6 Å². The third kappa shape index (κ3) is 5.07. The minimum absolute atomic E-state index is 0.0382. The van der Waals surface area contributed by atoms with Crippen molar-refractivity contribution < 1.29 is 22.4 Å². The lowest BCUT2D eigenvalue weighted by Gasteiger charge is -2.08. The molecule has 0 unspecified atom stereocenters. The Kier molecular flexibility index (Phi) is 5.98. The molecule has 1 aromatic heterocycles. The van der Waals surface area contributed by atoms with E-state index in [1.54, 1.807) is 18.2 Å². The fourth-order valence-corrected chi connectivity index (χ4v) is 5.28. The highest BCUT2D eigenvalue weighted by atomic mass is 32.2. The number of Topliss-reactive ketones (excluding diaryl/α,β-unsaturated/α-hetero) is 1. The summed E-state index contributed by atoms with van der Waals surface area (Å²) < 4.78 is 34.2. The van der Waals surface area contributed by atoms with Crippen LogP contribution in [0, 0.1) is 5.92 Å². The van der Waals surface area contributed by atoms with Gasteiger partial charge in [-0.2, -0.15) is 0 Å². The average Bonchev–Trinajstić information content (AvgIpc) is 3.18. The average molecular weight is 396 g/mol. The topological polar surface area (TPSA) is 99.4 Å². The number of carbonyl (C=O) groups is 1. The fourth-order valence-electron chi connectivity index (χ4n) is 2.82. The number of ketones is 1. The number of ether oxygens (including phenoxy) is 1. The van der Waals surface area contributed by atoms with Crippen molar-refractivity contribution in [3.8, 4) is 5.75 Å². The Morgan fingerprint density at radius 3 is 2.88 bits per heavy atom. The number of sulfone groups is 1. The monoisotopic (exact) mass is 396 g/mol. The Bertz CT molecular complexity index is 879. The maximum Gasteiger partial charge on any atom is 0.276 e. The largest absolute Gasteiger partial charge is 0.492 e. The van der Waals surface area contributed by atoms with Gasteiger partial charge in [0.2, 0.25) is 5.89 Å². The number of nitrogens with zero attached hydrogens (tertiary/aromatic N) is 2. The lowest BCUT2D eigenvalue weighted by Crippen LogP contribution is -2.07. The highest BCUT2D eigenvalue weighted by Gasteiger charge is 2.29. The Morgan fingerprint density at radius 2 is 2.15 bits per heavy atom. The zero-order chi connectivity index (χ0) is 18.6. The van der Waals surface area contributed by atoms with Crippen molar-refractivity contribution in [1.82, 2.24) is 10.2 Å². The van der Waals surface area contributed by atoms with Gasteiger partial charge in [0.1, 0.15) is 5.75 Å². The highest BCUT2D eigenvalue weighted by Crippen LogP contribution is 2.24. The Hall–Kier alpha value is -1.87. The molecule has 140 valence electrons. The summed E-state index contributed by atoms with van der Waals surface area (Å²) in [5, 5.41) is 8.39. The molecule has 0 amide bonds. The summed E-state index contributed by atoms with van der Waals surface area (Å²) in [5.41, 5.74) is 0.559. The normalized spacial score (nSPS) is 18.7. The smallest absolute Gasteiger partial charge is 0.276 e. The molecule has 1 atom stereocenters. The Morgan fingerprint density at radius 1 is 1.35 bits per heavy atom. The van der Waals surface area contributed by atoms with Gasteiger partial charge in [-0.15, -0.1) is 10.2 Å². The van der Waals surface area contributed by atoms with Gasteiger partial charge in [-0.1, -0.05) is 23.9 Å². The van der Waals surface area contributed by atoms with Gasteiger partial charge >= 0.3 is 0 Å². The van der Waals surface area contributed by atoms with Gasteiger partial charge in [0.05, 0.1) is 23.7 Å². The molecule has 0 radical (unpaired) electrons. The highest BCUT2D eigenvalue weighted by molar-refractivity contribution is 7.99. The molecule has 0 saturated carbocycles. The van der Waals surface area contributed by atoms with E-state index >= 15 is 0 Å². The maximum atomic E-state index is 11.5. The van der Waals surface area contributed by atoms with Gasteiger partial charge in [-0.05, 0) is 31.4 Å². The first-order chi connectivity index (χ1) is 12.4. The van der Waals surface area contributed by atoms with Crippen LogP contribution in [0.5, 0.6) is 5.75 Å². The number of hydrogen-bond donors (Lipinski definition) is 0. The van der Waals surface area contributed by atoms with Crippen molar-refractivity contribution in [2.45, 2.75) is 25.0 Å². The summed E-state index contributed by atoms with van der Waals surface area (Å²) >= 11 is 1.36. The van der Waals surface area contributed by atoms with E-state index in [-0.39, 0.29) is 23.2 Å². The second-order valence-electron chi connectivity index (χ2n) is 6.18. The number of rotatable bonds is 8. The number of benzene rings is 1. The lowest BCUT2D eigenvalue weighted by atomic mass is 10.1. The molecule has 26 heavy (non-hydrogen) atoms. The van der Waals surface area contributed by atoms with Gasteiger partial charge in [-0.3, -0.25) is 4.79 Å². The predicted octanol–water partition coefficient (Wildman–Crippen LogP) is 2.42. The molecule has 1 aromatic carbocycles. The molecule has 0 N–H and O–H groups in total. The molecule has 1 fully saturated rings. The molecule has 1 aliphatic heterocycles. The van der Waals surface area contributed by atoms with Gasteiger partial charge in [0.15, 0.2) is 15.6 Å².